The van der Waals surface area contributed by atoms with Crippen LogP contribution < -0.4 is 10.5 Å². The summed E-state index contributed by atoms with van der Waals surface area (Å²) in [5.41, 5.74) is 6.50. The Hall–Kier alpha value is -1.07. The van der Waals surface area contributed by atoms with Gasteiger partial charge in [-0.1, -0.05) is 22.9 Å². The van der Waals surface area contributed by atoms with Gasteiger partial charge in [-0.05, 0) is 50.4 Å². The van der Waals surface area contributed by atoms with Gasteiger partial charge in [0.25, 0.3) is 5.91 Å². The number of hydrogen-bond donors (Lipinski definition) is 1. The molecule has 1 aliphatic rings. The van der Waals surface area contributed by atoms with E-state index < -0.39 is 0 Å². The Kier molecular flexibility index (Phi) is 4.94. The van der Waals surface area contributed by atoms with Crippen LogP contribution in [0.1, 0.15) is 37.6 Å². The van der Waals surface area contributed by atoms with Crippen molar-refractivity contribution >= 4 is 21.8 Å². The zero-order valence-electron chi connectivity index (χ0n) is 12.9. The molecule has 1 saturated heterocycles. The molecule has 0 bridgehead atoms. The van der Waals surface area contributed by atoms with Crippen LogP contribution in [0.15, 0.2) is 22.7 Å². The van der Waals surface area contributed by atoms with E-state index in [9.17, 15) is 4.79 Å². The summed E-state index contributed by atoms with van der Waals surface area (Å²) in [6.07, 6.45) is 1.04. The second kappa shape index (κ2) is 6.36. The quantitative estimate of drug-likeness (QED) is 0.903. The van der Waals surface area contributed by atoms with Crippen LogP contribution in [0.5, 0.6) is 5.75 Å². The zero-order valence-corrected chi connectivity index (χ0v) is 14.4. The van der Waals surface area contributed by atoms with Crippen molar-refractivity contribution < 1.29 is 9.53 Å². The lowest BCUT2D eigenvalue weighted by Gasteiger charge is -2.23. The maximum Gasteiger partial charge on any atom is 0.254 e. The molecular formula is C16H23BrN2O2. The molecule has 1 fully saturated rings. The Labute approximate surface area is 134 Å². The number of likely N-dealkylation sites (tertiary alicyclic amines) is 1. The third kappa shape index (κ3) is 3.98. The van der Waals surface area contributed by atoms with Crippen LogP contribution in [-0.2, 0) is 0 Å². The maximum absolute atomic E-state index is 12.6. The standard InChI is InChI=1S/C16H23BrN2O2/c1-11(2)21-14-7-12(6-13(17)8-14)15(20)19-5-4-16(3,9-18)10-19/h6-8,11H,4-5,9-10,18H2,1-3H3. The van der Waals surface area contributed by atoms with Crippen LogP contribution in [0.3, 0.4) is 0 Å². The van der Waals surface area contributed by atoms with Crippen molar-refractivity contribution in [2.24, 2.45) is 11.1 Å². The molecule has 1 heterocycles. The Balaban J connectivity index is 2.18. The van der Waals surface area contributed by atoms with Gasteiger partial charge >= 0.3 is 0 Å². The smallest absolute Gasteiger partial charge is 0.254 e. The van der Waals surface area contributed by atoms with Gasteiger partial charge in [0.2, 0.25) is 0 Å². The zero-order chi connectivity index (χ0) is 15.6. The van der Waals surface area contributed by atoms with Crippen molar-refractivity contribution in [1.29, 1.82) is 0 Å². The van der Waals surface area contributed by atoms with Crippen LogP contribution in [0, 0.1) is 5.41 Å². The summed E-state index contributed by atoms with van der Waals surface area (Å²) >= 11 is 3.45. The lowest BCUT2D eigenvalue weighted by atomic mass is 9.90. The minimum absolute atomic E-state index is 0.0406. The van der Waals surface area contributed by atoms with E-state index in [0.29, 0.717) is 17.9 Å². The van der Waals surface area contributed by atoms with Crippen LogP contribution in [0.25, 0.3) is 0 Å². The first kappa shape index (κ1) is 16.3. The fourth-order valence-electron chi connectivity index (χ4n) is 2.57. The molecule has 0 aliphatic carbocycles. The number of carbonyl (C=O) groups excluding carboxylic acids is 1. The van der Waals surface area contributed by atoms with Crippen LogP contribution >= 0.6 is 15.9 Å². The molecule has 2 rings (SSSR count). The van der Waals surface area contributed by atoms with Crippen LogP contribution in [0.4, 0.5) is 0 Å². The van der Waals surface area contributed by atoms with Gasteiger partial charge < -0.3 is 15.4 Å². The van der Waals surface area contributed by atoms with E-state index in [4.69, 9.17) is 10.5 Å². The summed E-state index contributed by atoms with van der Waals surface area (Å²) in [7, 11) is 0. The van der Waals surface area contributed by atoms with E-state index in [0.717, 1.165) is 24.0 Å². The van der Waals surface area contributed by atoms with Crippen LogP contribution in [0.2, 0.25) is 0 Å². The molecule has 1 aliphatic heterocycles. The number of benzene rings is 1. The molecule has 0 saturated carbocycles. The molecule has 2 N–H and O–H groups in total. The first-order chi connectivity index (χ1) is 9.83. The lowest BCUT2D eigenvalue weighted by Crippen LogP contribution is -2.34. The van der Waals surface area contributed by atoms with Gasteiger partial charge in [0.1, 0.15) is 5.75 Å². The Morgan fingerprint density at radius 2 is 2.19 bits per heavy atom. The largest absolute Gasteiger partial charge is 0.491 e. The van der Waals surface area contributed by atoms with Crippen molar-refractivity contribution in [2.45, 2.75) is 33.3 Å². The molecule has 1 aromatic carbocycles. The van der Waals surface area contributed by atoms with Crippen molar-refractivity contribution in [1.82, 2.24) is 4.90 Å². The third-order valence-electron chi connectivity index (χ3n) is 3.83. The molecule has 116 valence electrons. The summed E-state index contributed by atoms with van der Waals surface area (Å²) in [5, 5.41) is 0. The number of halogens is 1. The Morgan fingerprint density at radius 3 is 2.76 bits per heavy atom. The number of nitrogens with zero attached hydrogens (tertiary/aromatic N) is 1. The van der Waals surface area contributed by atoms with Gasteiger partial charge in [0, 0.05) is 23.1 Å². The van der Waals surface area contributed by atoms with Gasteiger partial charge in [-0.2, -0.15) is 0 Å². The van der Waals surface area contributed by atoms with Crippen molar-refractivity contribution in [2.75, 3.05) is 19.6 Å². The minimum atomic E-state index is 0.0406. The Bertz CT molecular complexity index is 533. The summed E-state index contributed by atoms with van der Waals surface area (Å²) in [5.74, 6) is 0.755. The van der Waals surface area contributed by atoms with E-state index in [-0.39, 0.29) is 17.4 Å². The van der Waals surface area contributed by atoms with E-state index in [1.54, 1.807) is 0 Å². The van der Waals surface area contributed by atoms with Gasteiger partial charge in [-0.25, -0.2) is 0 Å². The van der Waals surface area contributed by atoms with Gasteiger partial charge in [-0.15, -0.1) is 0 Å². The normalized spacial score (nSPS) is 21.9. The molecule has 1 atom stereocenters. The summed E-state index contributed by atoms with van der Waals surface area (Å²) in [6, 6.07) is 5.53. The molecule has 21 heavy (non-hydrogen) atoms. The number of ether oxygens (including phenoxy) is 1. The fraction of sp³-hybridized carbons (Fsp3) is 0.562. The summed E-state index contributed by atoms with van der Waals surface area (Å²) < 4.78 is 6.54. The van der Waals surface area contributed by atoms with Gasteiger partial charge in [0.05, 0.1) is 6.10 Å². The first-order valence-electron chi connectivity index (χ1n) is 7.29. The van der Waals surface area contributed by atoms with Gasteiger partial charge in [0.15, 0.2) is 0 Å². The average Bonchev–Trinajstić information content (AvgIpc) is 2.80. The number of hydrogen-bond acceptors (Lipinski definition) is 3. The lowest BCUT2D eigenvalue weighted by molar-refractivity contribution is 0.0776. The first-order valence-corrected chi connectivity index (χ1v) is 8.09. The number of carbonyl (C=O) groups is 1. The highest BCUT2D eigenvalue weighted by Gasteiger charge is 2.35. The minimum Gasteiger partial charge on any atom is -0.491 e. The highest BCUT2D eigenvalue weighted by atomic mass is 79.9. The Morgan fingerprint density at radius 1 is 1.48 bits per heavy atom. The fourth-order valence-corrected chi connectivity index (χ4v) is 3.04. The molecule has 5 heteroatoms. The predicted molar refractivity (Wildman–Crippen MR) is 87.6 cm³/mol. The molecular weight excluding hydrogens is 332 g/mol. The molecule has 0 spiro atoms. The SMILES string of the molecule is CC(C)Oc1cc(Br)cc(C(=O)N2CCC(C)(CN)C2)c1. The molecule has 1 amide bonds. The number of nitrogens with two attached hydrogens (primary N) is 1. The van der Waals surface area contributed by atoms with E-state index in [1.807, 2.05) is 36.9 Å². The van der Waals surface area contributed by atoms with E-state index >= 15 is 0 Å². The van der Waals surface area contributed by atoms with E-state index in [2.05, 4.69) is 22.9 Å². The molecule has 4 nitrogen and oxygen atoms in total. The predicted octanol–water partition coefficient (Wildman–Crippen LogP) is 3.05. The van der Waals surface area contributed by atoms with Gasteiger partial charge in [-0.3, -0.25) is 4.79 Å². The molecule has 0 radical (unpaired) electrons. The maximum atomic E-state index is 12.6. The monoisotopic (exact) mass is 354 g/mol. The molecule has 1 aromatic rings. The second-order valence-corrected chi connectivity index (χ2v) is 7.25. The summed E-state index contributed by atoms with van der Waals surface area (Å²) in [6.45, 7) is 8.16. The van der Waals surface area contributed by atoms with E-state index in [1.165, 1.54) is 0 Å². The number of amides is 1. The highest BCUT2D eigenvalue weighted by molar-refractivity contribution is 9.10. The van der Waals surface area contributed by atoms with Crippen molar-refractivity contribution in [3.8, 4) is 5.75 Å². The number of rotatable bonds is 4. The molecule has 0 aromatic heterocycles. The highest BCUT2D eigenvalue weighted by Crippen LogP contribution is 2.30. The second-order valence-electron chi connectivity index (χ2n) is 6.33. The third-order valence-corrected chi connectivity index (χ3v) is 4.29. The van der Waals surface area contributed by atoms with Crippen molar-refractivity contribution in [3.05, 3.63) is 28.2 Å². The summed E-state index contributed by atoms with van der Waals surface area (Å²) in [4.78, 5) is 14.5. The average molecular weight is 355 g/mol. The van der Waals surface area contributed by atoms with Crippen LogP contribution in [-0.4, -0.2) is 36.5 Å². The topological polar surface area (TPSA) is 55.6 Å². The van der Waals surface area contributed by atoms with Crippen molar-refractivity contribution in [3.63, 3.8) is 0 Å². The molecule has 1 unspecified atom stereocenters.